The van der Waals surface area contributed by atoms with E-state index in [1.165, 1.54) is 25.8 Å². The van der Waals surface area contributed by atoms with Gasteiger partial charge in [0.2, 0.25) is 0 Å². The lowest BCUT2D eigenvalue weighted by atomic mass is 10.0. The van der Waals surface area contributed by atoms with E-state index < -0.39 is 0 Å². The fourth-order valence-corrected chi connectivity index (χ4v) is 3.27. The largest absolute Gasteiger partial charge is 0.496 e. The fraction of sp³-hybridized carbons (Fsp3) is 0.588. The first-order chi connectivity index (χ1) is 10.6. The lowest BCUT2D eigenvalue weighted by molar-refractivity contribution is -0.928. The number of carbonyl (C=O) groups is 1. The van der Waals surface area contributed by atoms with Crippen LogP contribution >= 0.6 is 11.6 Å². The molecule has 1 saturated heterocycles. The van der Waals surface area contributed by atoms with Gasteiger partial charge in [-0.2, -0.15) is 0 Å². The van der Waals surface area contributed by atoms with Crippen LogP contribution in [0.15, 0.2) is 18.2 Å². The lowest BCUT2D eigenvalue weighted by Gasteiger charge is -2.30. The molecule has 1 amide bonds. The van der Waals surface area contributed by atoms with Crippen molar-refractivity contribution in [1.82, 2.24) is 5.32 Å². The summed E-state index contributed by atoms with van der Waals surface area (Å²) in [5, 5.41) is 3.50. The third-order valence-corrected chi connectivity index (χ3v) is 4.68. The number of halogens is 1. The minimum atomic E-state index is -0.124. The van der Waals surface area contributed by atoms with Gasteiger partial charge in [0.25, 0.3) is 5.91 Å². The van der Waals surface area contributed by atoms with Crippen molar-refractivity contribution >= 4 is 17.5 Å². The highest BCUT2D eigenvalue weighted by atomic mass is 35.5. The van der Waals surface area contributed by atoms with E-state index in [0.717, 1.165) is 19.0 Å². The molecule has 4 nitrogen and oxygen atoms in total. The highest BCUT2D eigenvalue weighted by Crippen LogP contribution is 2.22. The molecule has 2 rings (SSSR count). The zero-order valence-corrected chi connectivity index (χ0v) is 14.2. The molecule has 1 fully saturated rings. The Morgan fingerprint density at radius 1 is 1.45 bits per heavy atom. The minimum Gasteiger partial charge on any atom is -0.496 e. The average Bonchev–Trinajstić information content (AvgIpc) is 2.52. The van der Waals surface area contributed by atoms with Gasteiger partial charge in [0.05, 0.1) is 31.8 Å². The fourth-order valence-electron chi connectivity index (χ4n) is 3.09. The van der Waals surface area contributed by atoms with Gasteiger partial charge in [-0.15, -0.1) is 0 Å². The third-order valence-electron chi connectivity index (χ3n) is 4.45. The van der Waals surface area contributed by atoms with Crippen LogP contribution in [0.3, 0.4) is 0 Å². The summed E-state index contributed by atoms with van der Waals surface area (Å²) in [4.78, 5) is 13.9. The standard InChI is InChI=1S/C17H25ClN2O2/c1-13-6-3-4-10-20(13)11-5-9-19-17(21)15-12-14(18)7-8-16(15)22-2/h7-8,12-13H,3-6,9-11H2,1-2H3,(H,19,21)/p+1/t13-/m0/s1. The van der Waals surface area contributed by atoms with Crippen LogP contribution in [0.5, 0.6) is 5.75 Å². The first-order valence-electron chi connectivity index (χ1n) is 8.08. The van der Waals surface area contributed by atoms with Crippen molar-refractivity contribution in [1.29, 1.82) is 0 Å². The molecule has 122 valence electrons. The van der Waals surface area contributed by atoms with Crippen molar-refractivity contribution in [2.45, 2.75) is 38.6 Å². The molecule has 5 heteroatoms. The van der Waals surface area contributed by atoms with Crippen molar-refractivity contribution in [3.8, 4) is 5.75 Å². The Bertz CT molecular complexity index is 507. The van der Waals surface area contributed by atoms with Crippen LogP contribution in [-0.4, -0.2) is 38.7 Å². The number of benzene rings is 1. The maximum Gasteiger partial charge on any atom is 0.255 e. The van der Waals surface area contributed by atoms with Crippen LogP contribution in [0, 0.1) is 0 Å². The molecule has 1 heterocycles. The van der Waals surface area contributed by atoms with Crippen molar-refractivity contribution < 1.29 is 14.4 Å². The van der Waals surface area contributed by atoms with E-state index in [-0.39, 0.29) is 5.91 Å². The smallest absolute Gasteiger partial charge is 0.255 e. The number of methoxy groups -OCH3 is 1. The lowest BCUT2D eigenvalue weighted by Crippen LogP contribution is -3.16. The molecule has 1 aromatic carbocycles. The van der Waals surface area contributed by atoms with E-state index in [1.807, 2.05) is 0 Å². The Hall–Kier alpha value is -1.26. The number of hydrogen-bond acceptors (Lipinski definition) is 2. The van der Waals surface area contributed by atoms with E-state index in [0.29, 0.717) is 22.9 Å². The number of rotatable bonds is 6. The van der Waals surface area contributed by atoms with Crippen LogP contribution in [0.4, 0.5) is 0 Å². The van der Waals surface area contributed by atoms with E-state index in [4.69, 9.17) is 16.3 Å². The van der Waals surface area contributed by atoms with Gasteiger partial charge in [0.1, 0.15) is 5.75 Å². The second kappa shape index (κ2) is 8.39. The molecule has 2 atom stereocenters. The average molecular weight is 326 g/mol. The zero-order valence-electron chi connectivity index (χ0n) is 13.5. The topological polar surface area (TPSA) is 42.8 Å². The van der Waals surface area contributed by atoms with Gasteiger partial charge in [0.15, 0.2) is 0 Å². The number of carbonyl (C=O) groups excluding carboxylic acids is 1. The summed E-state index contributed by atoms with van der Waals surface area (Å²) in [6.07, 6.45) is 5.00. The molecular formula is C17H26ClN2O2+. The molecular weight excluding hydrogens is 300 g/mol. The van der Waals surface area contributed by atoms with Gasteiger partial charge >= 0.3 is 0 Å². The Kier molecular flexibility index (Phi) is 6.52. The number of ether oxygens (including phenoxy) is 1. The van der Waals surface area contributed by atoms with E-state index in [1.54, 1.807) is 30.2 Å². The first-order valence-corrected chi connectivity index (χ1v) is 8.46. The first kappa shape index (κ1) is 17.1. The molecule has 0 bridgehead atoms. The van der Waals surface area contributed by atoms with Gasteiger partial charge in [0, 0.05) is 18.0 Å². The highest BCUT2D eigenvalue weighted by molar-refractivity contribution is 6.31. The van der Waals surface area contributed by atoms with Crippen molar-refractivity contribution in [3.05, 3.63) is 28.8 Å². The summed E-state index contributed by atoms with van der Waals surface area (Å²) in [7, 11) is 1.56. The van der Waals surface area contributed by atoms with Gasteiger partial charge < -0.3 is 15.0 Å². The summed E-state index contributed by atoms with van der Waals surface area (Å²) in [6.45, 7) is 5.39. The Labute approximate surface area is 137 Å². The molecule has 0 aliphatic carbocycles. The van der Waals surface area contributed by atoms with E-state index >= 15 is 0 Å². The molecule has 0 radical (unpaired) electrons. The summed E-state index contributed by atoms with van der Waals surface area (Å²) in [6, 6.07) is 5.83. The molecule has 0 saturated carbocycles. The molecule has 0 spiro atoms. The monoisotopic (exact) mass is 325 g/mol. The van der Waals surface area contributed by atoms with Crippen LogP contribution < -0.4 is 15.0 Å². The number of likely N-dealkylation sites (tertiary alicyclic amines) is 1. The van der Waals surface area contributed by atoms with Gasteiger partial charge in [-0.1, -0.05) is 11.6 Å². The normalized spacial score (nSPS) is 21.4. The Morgan fingerprint density at radius 3 is 3.00 bits per heavy atom. The van der Waals surface area contributed by atoms with Gasteiger partial charge in [-0.05, 0) is 44.4 Å². The van der Waals surface area contributed by atoms with Crippen molar-refractivity contribution in [2.75, 3.05) is 26.7 Å². The summed E-state index contributed by atoms with van der Waals surface area (Å²) >= 11 is 5.96. The maximum atomic E-state index is 12.2. The molecule has 1 aliphatic heterocycles. The third kappa shape index (κ3) is 4.62. The summed E-state index contributed by atoms with van der Waals surface area (Å²) < 4.78 is 5.21. The number of quaternary nitrogens is 1. The molecule has 2 N–H and O–H groups in total. The number of nitrogens with one attached hydrogen (secondary N) is 2. The minimum absolute atomic E-state index is 0.124. The molecule has 1 aliphatic rings. The van der Waals surface area contributed by atoms with Gasteiger partial charge in [-0.25, -0.2) is 0 Å². The summed E-state index contributed by atoms with van der Waals surface area (Å²) in [5.74, 6) is 0.429. The number of piperidine rings is 1. The summed E-state index contributed by atoms with van der Waals surface area (Å²) in [5.41, 5.74) is 0.494. The Balaban J connectivity index is 1.79. The van der Waals surface area contributed by atoms with Crippen molar-refractivity contribution in [3.63, 3.8) is 0 Å². The van der Waals surface area contributed by atoms with E-state index in [9.17, 15) is 4.79 Å². The zero-order chi connectivity index (χ0) is 15.9. The molecule has 0 aromatic heterocycles. The highest BCUT2D eigenvalue weighted by Gasteiger charge is 2.21. The maximum absolute atomic E-state index is 12.2. The van der Waals surface area contributed by atoms with Crippen LogP contribution in [0.25, 0.3) is 0 Å². The SMILES string of the molecule is COc1ccc(Cl)cc1C(=O)NCCC[NH+]1CCCC[C@@H]1C. The second-order valence-corrected chi connectivity index (χ2v) is 6.45. The predicted octanol–water partition coefficient (Wildman–Crippen LogP) is 1.93. The quantitative estimate of drug-likeness (QED) is 0.785. The Morgan fingerprint density at radius 2 is 2.27 bits per heavy atom. The number of amides is 1. The van der Waals surface area contributed by atoms with Gasteiger partial charge in [-0.3, -0.25) is 4.79 Å². The van der Waals surface area contributed by atoms with Crippen LogP contribution in [0.2, 0.25) is 5.02 Å². The van der Waals surface area contributed by atoms with Crippen molar-refractivity contribution in [2.24, 2.45) is 0 Å². The number of hydrogen-bond donors (Lipinski definition) is 2. The van der Waals surface area contributed by atoms with E-state index in [2.05, 4.69) is 12.2 Å². The predicted molar refractivity (Wildman–Crippen MR) is 89.0 cm³/mol. The molecule has 1 unspecified atom stereocenters. The molecule has 1 aromatic rings. The van der Waals surface area contributed by atoms with Crippen LogP contribution in [0.1, 0.15) is 43.0 Å². The van der Waals surface area contributed by atoms with Crippen LogP contribution in [-0.2, 0) is 0 Å². The second-order valence-electron chi connectivity index (χ2n) is 6.01. The molecule has 22 heavy (non-hydrogen) atoms.